The molecule has 9 heteroatoms. The molecule has 0 aromatic rings. The van der Waals surface area contributed by atoms with E-state index in [1.54, 1.807) is 11.4 Å². The van der Waals surface area contributed by atoms with Gasteiger partial charge in [0.05, 0.1) is 6.26 Å². The second-order valence-electron chi connectivity index (χ2n) is 7.61. The highest BCUT2D eigenvalue weighted by atomic mass is 32.2. The van der Waals surface area contributed by atoms with E-state index in [1.165, 1.54) is 6.26 Å². The summed E-state index contributed by atoms with van der Waals surface area (Å²) in [6, 6.07) is 0. The van der Waals surface area contributed by atoms with E-state index < -0.39 is 10.0 Å². The Balaban J connectivity index is 1.84. The monoisotopic (exact) mass is 401 g/mol. The molecule has 0 aliphatic carbocycles. The van der Waals surface area contributed by atoms with Gasteiger partial charge in [-0.1, -0.05) is 0 Å². The molecule has 156 valence electrons. The summed E-state index contributed by atoms with van der Waals surface area (Å²) in [5.74, 6) is 1.95. The number of guanidine groups is 1. The van der Waals surface area contributed by atoms with Gasteiger partial charge < -0.3 is 15.5 Å². The van der Waals surface area contributed by atoms with Crippen LogP contribution in [0.4, 0.5) is 0 Å². The zero-order valence-corrected chi connectivity index (χ0v) is 17.7. The molecule has 2 heterocycles. The van der Waals surface area contributed by atoms with Crippen LogP contribution in [0.5, 0.6) is 0 Å². The molecule has 8 nitrogen and oxygen atoms in total. The summed E-state index contributed by atoms with van der Waals surface area (Å²) in [6.45, 7) is 6.65. The molecule has 2 aliphatic heterocycles. The lowest BCUT2D eigenvalue weighted by Crippen LogP contribution is -2.46. The summed E-state index contributed by atoms with van der Waals surface area (Å²) in [4.78, 5) is 18.7. The van der Waals surface area contributed by atoms with E-state index in [9.17, 15) is 13.2 Å². The smallest absolute Gasteiger partial charge is 0.220 e. The molecule has 0 atom stereocenters. The first-order chi connectivity index (χ1) is 12.8. The van der Waals surface area contributed by atoms with E-state index in [-0.39, 0.29) is 5.91 Å². The van der Waals surface area contributed by atoms with Crippen LogP contribution in [-0.4, -0.2) is 82.1 Å². The van der Waals surface area contributed by atoms with E-state index in [2.05, 4.69) is 22.5 Å². The van der Waals surface area contributed by atoms with E-state index in [1.807, 2.05) is 0 Å². The lowest BCUT2D eigenvalue weighted by molar-refractivity contribution is -0.121. The Hall–Kier alpha value is -1.35. The molecule has 0 spiro atoms. The van der Waals surface area contributed by atoms with Gasteiger partial charge in [-0.05, 0) is 44.4 Å². The van der Waals surface area contributed by atoms with Crippen molar-refractivity contribution in [3.05, 3.63) is 0 Å². The van der Waals surface area contributed by atoms with Gasteiger partial charge >= 0.3 is 0 Å². The van der Waals surface area contributed by atoms with Crippen molar-refractivity contribution in [1.82, 2.24) is 19.8 Å². The van der Waals surface area contributed by atoms with Gasteiger partial charge in [-0.3, -0.25) is 9.79 Å². The van der Waals surface area contributed by atoms with Crippen molar-refractivity contribution < 1.29 is 13.2 Å². The van der Waals surface area contributed by atoms with E-state index in [4.69, 9.17) is 4.99 Å². The number of sulfonamides is 1. The van der Waals surface area contributed by atoms with Crippen molar-refractivity contribution >= 4 is 21.9 Å². The lowest BCUT2D eigenvalue weighted by atomic mass is 9.93. The largest absolute Gasteiger partial charge is 0.359 e. The van der Waals surface area contributed by atoms with Crippen LogP contribution in [0.25, 0.3) is 0 Å². The fourth-order valence-corrected chi connectivity index (χ4v) is 4.65. The number of hydrogen-bond acceptors (Lipinski definition) is 4. The average Bonchev–Trinajstić information content (AvgIpc) is 2.65. The van der Waals surface area contributed by atoms with Gasteiger partial charge in [-0.2, -0.15) is 0 Å². The Bertz CT molecular complexity index is 606. The summed E-state index contributed by atoms with van der Waals surface area (Å²) in [7, 11) is -1.39. The first-order valence-corrected chi connectivity index (χ1v) is 11.9. The number of carbonyl (C=O) groups is 1. The molecule has 2 fully saturated rings. The van der Waals surface area contributed by atoms with Gasteiger partial charge in [0.15, 0.2) is 5.96 Å². The molecule has 0 saturated carbocycles. The maximum absolute atomic E-state index is 11.6. The van der Waals surface area contributed by atoms with Crippen LogP contribution in [0.15, 0.2) is 4.99 Å². The summed E-state index contributed by atoms with van der Waals surface area (Å²) >= 11 is 0. The fraction of sp³-hybridized carbons (Fsp3) is 0.889. The topological polar surface area (TPSA) is 94.1 Å². The van der Waals surface area contributed by atoms with Crippen LogP contribution >= 0.6 is 0 Å². The highest BCUT2D eigenvalue weighted by Gasteiger charge is 2.26. The second-order valence-corrected chi connectivity index (χ2v) is 9.59. The maximum Gasteiger partial charge on any atom is 0.220 e. The molecule has 27 heavy (non-hydrogen) atoms. The predicted octanol–water partition coefficient (Wildman–Crippen LogP) is 0.472. The van der Waals surface area contributed by atoms with E-state index in [0.29, 0.717) is 31.3 Å². The molecular formula is C18H35N5O3S. The first-order valence-electron chi connectivity index (χ1n) is 10.0. The Morgan fingerprint density at radius 3 is 2.19 bits per heavy atom. The minimum atomic E-state index is -3.07. The van der Waals surface area contributed by atoms with Crippen LogP contribution in [0.2, 0.25) is 0 Å². The molecule has 2 N–H and O–H groups in total. The third-order valence-corrected chi connectivity index (χ3v) is 6.85. The minimum absolute atomic E-state index is 0.120. The number of nitrogens with zero attached hydrogens (tertiary/aromatic N) is 3. The number of nitrogens with one attached hydrogen (secondary N) is 2. The van der Waals surface area contributed by atoms with Crippen molar-refractivity contribution in [1.29, 1.82) is 0 Å². The van der Waals surface area contributed by atoms with Crippen LogP contribution in [-0.2, 0) is 14.8 Å². The van der Waals surface area contributed by atoms with Gasteiger partial charge in [-0.15, -0.1) is 0 Å². The quantitative estimate of drug-likeness (QED) is 0.498. The SMILES string of the molecule is CCNC(=NCC1CCN(S(C)(=O)=O)CC1)N1CCC(CC(=O)NC)CC1. The third-order valence-electron chi connectivity index (χ3n) is 5.54. The number of rotatable bonds is 6. The molecule has 2 rings (SSSR count). The van der Waals surface area contributed by atoms with E-state index >= 15 is 0 Å². The zero-order valence-electron chi connectivity index (χ0n) is 16.9. The molecule has 0 radical (unpaired) electrons. The van der Waals surface area contributed by atoms with Gasteiger partial charge in [0.1, 0.15) is 0 Å². The van der Waals surface area contributed by atoms with Crippen molar-refractivity contribution in [2.45, 2.75) is 39.0 Å². The first kappa shape index (κ1) is 21.9. The minimum Gasteiger partial charge on any atom is -0.359 e. The highest BCUT2D eigenvalue weighted by molar-refractivity contribution is 7.88. The van der Waals surface area contributed by atoms with Crippen molar-refractivity contribution in [2.75, 3.05) is 52.6 Å². The lowest BCUT2D eigenvalue weighted by Gasteiger charge is -2.34. The van der Waals surface area contributed by atoms with Crippen LogP contribution in [0.1, 0.15) is 39.0 Å². The summed E-state index contributed by atoms with van der Waals surface area (Å²) in [5, 5.41) is 6.09. The number of piperidine rings is 2. The van der Waals surface area contributed by atoms with Gasteiger partial charge in [0.25, 0.3) is 0 Å². The highest BCUT2D eigenvalue weighted by Crippen LogP contribution is 2.22. The normalized spacial score (nSPS) is 21.3. The maximum atomic E-state index is 11.6. The van der Waals surface area contributed by atoms with Crippen LogP contribution in [0, 0.1) is 11.8 Å². The Kier molecular flexibility index (Phi) is 8.34. The molecule has 2 saturated heterocycles. The molecule has 0 aromatic carbocycles. The van der Waals surface area contributed by atoms with Gasteiger partial charge in [0.2, 0.25) is 15.9 Å². The Morgan fingerprint density at radius 1 is 1.07 bits per heavy atom. The predicted molar refractivity (Wildman–Crippen MR) is 108 cm³/mol. The Labute approximate surface area is 163 Å². The number of carbonyl (C=O) groups excluding carboxylic acids is 1. The van der Waals surface area contributed by atoms with Gasteiger partial charge in [-0.25, -0.2) is 12.7 Å². The Morgan fingerprint density at radius 2 is 1.67 bits per heavy atom. The van der Waals surface area contributed by atoms with Crippen LogP contribution in [0.3, 0.4) is 0 Å². The molecule has 2 aliphatic rings. The molecule has 0 bridgehead atoms. The number of likely N-dealkylation sites (tertiary alicyclic amines) is 1. The number of amides is 1. The zero-order chi connectivity index (χ0) is 19.9. The summed E-state index contributed by atoms with van der Waals surface area (Å²) in [5.41, 5.74) is 0. The number of aliphatic imine (C=N–C) groups is 1. The number of hydrogen-bond donors (Lipinski definition) is 2. The molecule has 1 amide bonds. The van der Waals surface area contributed by atoms with Crippen LogP contribution < -0.4 is 10.6 Å². The average molecular weight is 402 g/mol. The molecule has 0 unspecified atom stereocenters. The van der Waals surface area contributed by atoms with Crippen molar-refractivity contribution in [3.8, 4) is 0 Å². The molecular weight excluding hydrogens is 366 g/mol. The third kappa shape index (κ3) is 6.95. The summed E-state index contributed by atoms with van der Waals surface area (Å²) in [6.07, 6.45) is 5.63. The van der Waals surface area contributed by atoms with Crippen molar-refractivity contribution in [2.24, 2.45) is 16.8 Å². The van der Waals surface area contributed by atoms with Gasteiger partial charge in [0, 0.05) is 52.7 Å². The standard InChI is InChI=1S/C18H35N5O3S/c1-4-20-18(22-9-5-15(6-10-22)13-17(24)19-2)21-14-16-7-11-23(12-8-16)27(3,25)26/h15-16H,4-14H2,1-3H3,(H,19,24)(H,20,21). The van der Waals surface area contributed by atoms with E-state index in [0.717, 1.165) is 57.8 Å². The second kappa shape index (κ2) is 10.3. The fourth-order valence-electron chi connectivity index (χ4n) is 3.78. The van der Waals surface area contributed by atoms with Crippen molar-refractivity contribution in [3.63, 3.8) is 0 Å². The summed E-state index contributed by atoms with van der Waals surface area (Å²) < 4.78 is 24.8. The molecule has 0 aromatic heterocycles.